The maximum Gasteiger partial charge on any atom is 0.412 e. The van der Waals surface area contributed by atoms with E-state index in [0.717, 1.165) is 32.1 Å². The lowest BCUT2D eigenvalue weighted by Gasteiger charge is -2.59. The first-order valence-electron chi connectivity index (χ1n) is 12.1. The summed E-state index contributed by atoms with van der Waals surface area (Å²) in [6.45, 7) is 8.95. The Labute approximate surface area is 201 Å². The van der Waals surface area contributed by atoms with Crippen LogP contribution in [0.5, 0.6) is 5.75 Å². The van der Waals surface area contributed by atoms with Crippen molar-refractivity contribution in [3.8, 4) is 5.75 Å². The molecule has 0 aromatic heterocycles. The smallest absolute Gasteiger partial charge is 0.412 e. The van der Waals surface area contributed by atoms with Gasteiger partial charge in [-0.05, 0) is 109 Å². The number of nitrogens with one attached hydrogen (secondary N) is 1. The molecule has 4 saturated carbocycles. The molecule has 8 nitrogen and oxygen atoms in total. The molecule has 2 unspecified atom stereocenters. The van der Waals surface area contributed by atoms with Gasteiger partial charge in [0.1, 0.15) is 5.75 Å². The van der Waals surface area contributed by atoms with Crippen molar-refractivity contribution in [1.29, 1.82) is 0 Å². The first-order valence-corrected chi connectivity index (χ1v) is 12.1. The Kier molecular flexibility index (Phi) is 5.85. The fraction of sp³-hybridized carbons (Fsp3) is 0.654. The van der Waals surface area contributed by atoms with Crippen LogP contribution in [-0.2, 0) is 9.59 Å². The van der Waals surface area contributed by atoms with Crippen LogP contribution in [0.2, 0.25) is 0 Å². The van der Waals surface area contributed by atoms with Crippen LogP contribution in [-0.4, -0.2) is 40.2 Å². The van der Waals surface area contributed by atoms with Gasteiger partial charge in [0.2, 0.25) is 5.91 Å². The number of amides is 3. The van der Waals surface area contributed by atoms with Gasteiger partial charge in [-0.15, -0.1) is 0 Å². The van der Waals surface area contributed by atoms with Crippen LogP contribution in [0.3, 0.4) is 0 Å². The zero-order valence-corrected chi connectivity index (χ0v) is 20.8. The molecule has 8 heteroatoms. The maximum absolute atomic E-state index is 13.3. The summed E-state index contributed by atoms with van der Waals surface area (Å²) in [6.07, 6.45) is 3.46. The number of hydrogen-bond donors (Lipinski definition) is 3. The van der Waals surface area contributed by atoms with Gasteiger partial charge < -0.3 is 20.9 Å². The summed E-state index contributed by atoms with van der Waals surface area (Å²) >= 11 is 0. The molecule has 186 valence electrons. The number of anilines is 1. The zero-order chi connectivity index (χ0) is 25.1. The van der Waals surface area contributed by atoms with E-state index in [4.69, 9.17) is 10.5 Å². The second kappa shape index (κ2) is 8.17. The fourth-order valence-electron chi connectivity index (χ4n) is 6.68. The van der Waals surface area contributed by atoms with E-state index in [1.165, 1.54) is 4.90 Å². The van der Waals surface area contributed by atoms with E-state index in [1.807, 2.05) is 20.8 Å². The number of carboxylic acid groups (broad SMARTS) is 1. The van der Waals surface area contributed by atoms with E-state index in [-0.39, 0.29) is 35.1 Å². The zero-order valence-electron chi connectivity index (χ0n) is 20.8. The summed E-state index contributed by atoms with van der Waals surface area (Å²) < 4.78 is 6.04. The molecular weight excluding hydrogens is 434 g/mol. The van der Waals surface area contributed by atoms with Crippen molar-refractivity contribution >= 4 is 23.6 Å². The number of carbonyl (C=O) groups is 3. The third kappa shape index (κ3) is 4.34. The number of rotatable bonds is 6. The van der Waals surface area contributed by atoms with Crippen molar-refractivity contribution in [3.05, 3.63) is 24.3 Å². The molecule has 0 spiro atoms. The van der Waals surface area contributed by atoms with Crippen LogP contribution in [0.1, 0.15) is 66.7 Å². The number of nitrogens with zero attached hydrogens (tertiary/aromatic N) is 1. The van der Waals surface area contributed by atoms with Crippen LogP contribution in [0.15, 0.2) is 24.3 Å². The molecule has 1 aromatic carbocycles. The van der Waals surface area contributed by atoms with E-state index >= 15 is 0 Å². The van der Waals surface area contributed by atoms with Gasteiger partial charge in [-0.1, -0.05) is 0 Å². The fourth-order valence-corrected chi connectivity index (χ4v) is 6.68. The standard InChI is InChI=1S/C26H37N3O5/c1-24(2,3)29(23(32)33)18-6-8-19(9-7-18)34-25(4,5)22(31)28-20-16-10-15-11-17(20)14-26(12-15,13-16)21(27)30/h6-9,15-17,20H,10-14H2,1-5H3,(H2,27,30)(H,28,31)(H,32,33). The molecule has 34 heavy (non-hydrogen) atoms. The van der Waals surface area contributed by atoms with Crippen LogP contribution in [0.4, 0.5) is 10.5 Å². The summed E-state index contributed by atoms with van der Waals surface area (Å²) in [7, 11) is 0. The van der Waals surface area contributed by atoms with Crippen molar-refractivity contribution < 1.29 is 24.2 Å². The van der Waals surface area contributed by atoms with Gasteiger partial charge in [-0.2, -0.15) is 0 Å². The molecule has 4 N–H and O–H groups in total. The van der Waals surface area contributed by atoms with Crippen molar-refractivity contribution in [2.75, 3.05) is 4.90 Å². The molecule has 0 radical (unpaired) electrons. The Morgan fingerprint density at radius 2 is 1.59 bits per heavy atom. The maximum atomic E-state index is 13.3. The van der Waals surface area contributed by atoms with Crippen LogP contribution in [0.25, 0.3) is 0 Å². The largest absolute Gasteiger partial charge is 0.478 e. The van der Waals surface area contributed by atoms with E-state index in [9.17, 15) is 19.5 Å². The minimum absolute atomic E-state index is 0.0395. The highest BCUT2D eigenvalue weighted by molar-refractivity contribution is 5.88. The number of carbonyl (C=O) groups excluding carboxylic acids is 2. The summed E-state index contributed by atoms with van der Waals surface area (Å²) in [4.78, 5) is 38.4. The summed E-state index contributed by atoms with van der Waals surface area (Å²) in [5, 5.41) is 12.8. The lowest BCUT2D eigenvalue weighted by Crippen LogP contribution is -2.63. The quantitative estimate of drug-likeness (QED) is 0.580. The van der Waals surface area contributed by atoms with Gasteiger partial charge in [0, 0.05) is 22.7 Å². The topological polar surface area (TPSA) is 122 Å². The van der Waals surface area contributed by atoms with Gasteiger partial charge in [0.05, 0.1) is 0 Å². The third-order valence-electron chi connectivity index (χ3n) is 7.97. The Morgan fingerprint density at radius 3 is 2.06 bits per heavy atom. The molecule has 0 aliphatic heterocycles. The SMILES string of the molecule is CC(C)(Oc1ccc(N(C(=O)O)C(C)(C)C)cc1)C(=O)NC1C2CC3CC1CC(C(N)=O)(C3)C2. The van der Waals surface area contributed by atoms with Gasteiger partial charge in [-0.25, -0.2) is 4.79 Å². The first kappa shape index (κ1) is 24.4. The lowest BCUT2D eigenvalue weighted by molar-refractivity contribution is -0.150. The number of benzene rings is 1. The minimum atomic E-state index is -1.12. The predicted octanol–water partition coefficient (Wildman–Crippen LogP) is 3.92. The molecule has 0 heterocycles. The molecule has 4 aliphatic rings. The van der Waals surface area contributed by atoms with Gasteiger partial charge in [-0.3, -0.25) is 14.5 Å². The van der Waals surface area contributed by atoms with Gasteiger partial charge >= 0.3 is 6.09 Å². The molecule has 1 aromatic rings. The molecule has 2 atom stereocenters. The number of primary amides is 1. The van der Waals surface area contributed by atoms with Crippen LogP contribution >= 0.6 is 0 Å². The Bertz CT molecular complexity index is 965. The number of nitrogens with two attached hydrogens (primary N) is 1. The van der Waals surface area contributed by atoms with Gasteiger partial charge in [0.15, 0.2) is 5.60 Å². The Morgan fingerprint density at radius 1 is 1.03 bits per heavy atom. The second-order valence-corrected chi connectivity index (χ2v) is 12.0. The van der Waals surface area contributed by atoms with Gasteiger partial charge in [0.25, 0.3) is 5.91 Å². The van der Waals surface area contributed by atoms with E-state index in [0.29, 0.717) is 17.4 Å². The number of hydrogen-bond acceptors (Lipinski definition) is 4. The average molecular weight is 472 g/mol. The monoisotopic (exact) mass is 471 g/mol. The molecule has 4 fully saturated rings. The minimum Gasteiger partial charge on any atom is -0.478 e. The van der Waals surface area contributed by atoms with Crippen molar-refractivity contribution in [2.45, 2.75) is 83.9 Å². The highest BCUT2D eigenvalue weighted by atomic mass is 16.5. The molecule has 4 bridgehead atoms. The molecule has 0 saturated heterocycles. The summed E-state index contributed by atoms with van der Waals surface area (Å²) in [5.74, 6) is 1.19. The number of ether oxygens (including phenoxy) is 1. The summed E-state index contributed by atoms with van der Waals surface area (Å²) in [6, 6.07) is 6.78. The van der Waals surface area contributed by atoms with E-state index in [1.54, 1.807) is 38.1 Å². The van der Waals surface area contributed by atoms with E-state index < -0.39 is 17.2 Å². The summed E-state index contributed by atoms with van der Waals surface area (Å²) in [5.41, 5.74) is 4.21. The first-order chi connectivity index (χ1) is 15.7. The normalized spacial score (nSPS) is 30.0. The van der Waals surface area contributed by atoms with Crippen LogP contribution in [0, 0.1) is 23.2 Å². The third-order valence-corrected chi connectivity index (χ3v) is 7.97. The molecule has 5 rings (SSSR count). The highest BCUT2D eigenvalue weighted by Gasteiger charge is 2.58. The van der Waals surface area contributed by atoms with Crippen molar-refractivity contribution in [2.24, 2.45) is 28.9 Å². The Hall–Kier alpha value is -2.77. The molecule has 4 aliphatic carbocycles. The highest BCUT2D eigenvalue weighted by Crippen LogP contribution is 2.60. The molecular formula is C26H37N3O5. The van der Waals surface area contributed by atoms with Crippen LogP contribution < -0.4 is 20.7 Å². The second-order valence-electron chi connectivity index (χ2n) is 12.0. The van der Waals surface area contributed by atoms with Crippen molar-refractivity contribution in [1.82, 2.24) is 5.32 Å². The molecule has 3 amide bonds. The average Bonchev–Trinajstić information content (AvgIpc) is 2.69. The Balaban J connectivity index is 1.43. The van der Waals surface area contributed by atoms with E-state index in [2.05, 4.69) is 5.32 Å². The van der Waals surface area contributed by atoms with Crippen molar-refractivity contribution in [3.63, 3.8) is 0 Å². The lowest BCUT2D eigenvalue weighted by atomic mass is 9.47. The predicted molar refractivity (Wildman–Crippen MR) is 129 cm³/mol.